The van der Waals surface area contributed by atoms with Crippen LogP contribution < -0.4 is 25.0 Å². The second-order valence-electron chi connectivity index (χ2n) is 37.8. The van der Waals surface area contributed by atoms with Crippen LogP contribution >= 0.6 is 122 Å². The van der Waals surface area contributed by atoms with Gasteiger partial charge in [-0.05, 0) is 214 Å². The Morgan fingerprint density at radius 1 is 0.490 bits per heavy atom. The summed E-state index contributed by atoms with van der Waals surface area (Å²) in [7, 11) is 1.61. The van der Waals surface area contributed by atoms with Crippen molar-refractivity contribution in [2.75, 3.05) is 20.8 Å². The van der Waals surface area contributed by atoms with Gasteiger partial charge in [-0.15, -0.1) is 0 Å². The first-order valence-corrected chi connectivity index (χ1v) is 49.0. The summed E-state index contributed by atoms with van der Waals surface area (Å²) in [4.78, 5) is 63.4. The molecule has 0 saturated carbocycles. The maximum Gasteiger partial charge on any atom is 0.496 e. The molecule has 16 rings (SSSR count). The van der Waals surface area contributed by atoms with Crippen LogP contribution in [0.4, 0.5) is 26.7 Å². The number of benzene rings is 11. The minimum absolute atomic E-state index is 0. The number of carbonyl (C=O) groups is 5. The molecule has 4 N–H and O–H groups in total. The number of esters is 4. The summed E-state index contributed by atoms with van der Waals surface area (Å²) in [6.07, 6.45) is -2.56. The molecule has 21 nitrogen and oxygen atoms in total. The Kier molecular flexibility index (Phi) is 37.8. The number of rotatable bonds is 19. The Hall–Kier alpha value is -8.96. The largest absolute Gasteiger partial charge is 0.508 e. The van der Waals surface area contributed by atoms with Crippen LogP contribution in [-0.4, -0.2) is 103 Å². The molecular weight excluding hydrogens is 2260 g/mol. The zero-order chi connectivity index (χ0) is 103. The van der Waals surface area contributed by atoms with Crippen molar-refractivity contribution in [2.45, 2.75) is 186 Å². The first-order valence-electron chi connectivity index (χ1n) is 44.0. The van der Waals surface area contributed by atoms with Gasteiger partial charge in [-0.2, -0.15) is 0 Å². The fourth-order valence-electron chi connectivity index (χ4n) is 16.0. The van der Waals surface area contributed by atoms with Crippen molar-refractivity contribution in [3.05, 3.63) is 353 Å². The molecule has 3 fully saturated rings. The zero-order valence-corrected chi connectivity index (χ0v) is 91.9. The van der Waals surface area contributed by atoms with Crippen LogP contribution in [0.15, 0.2) is 230 Å². The Labute approximate surface area is 897 Å². The van der Waals surface area contributed by atoms with E-state index in [1.54, 1.807) is 112 Å². The number of alkyl carbamates (subject to hydrolysis) is 1. The van der Waals surface area contributed by atoms with Gasteiger partial charge in [0.1, 0.15) is 70.0 Å². The average Bonchev–Trinajstić information content (AvgIpc) is 2.02. The molecule has 5 aliphatic rings. The quantitative estimate of drug-likeness (QED) is 0.0193. The van der Waals surface area contributed by atoms with Crippen molar-refractivity contribution in [2.24, 2.45) is 10.8 Å². The van der Waals surface area contributed by atoms with E-state index in [-0.39, 0.29) is 103 Å². The van der Waals surface area contributed by atoms with Gasteiger partial charge in [-0.25, -0.2) is 45.9 Å². The molecule has 11 aromatic carbocycles. The van der Waals surface area contributed by atoms with Crippen molar-refractivity contribution in [3.8, 4) is 28.7 Å². The van der Waals surface area contributed by atoms with Crippen LogP contribution in [0.25, 0.3) is 0 Å². The molecule has 5 heterocycles. The van der Waals surface area contributed by atoms with Crippen molar-refractivity contribution in [3.63, 3.8) is 0 Å². The van der Waals surface area contributed by atoms with Gasteiger partial charge >= 0.3 is 37.1 Å². The molecule has 0 bridgehead atoms. The number of hydrogen-bond donors (Lipinski definition) is 4. The van der Waals surface area contributed by atoms with Gasteiger partial charge in [0.05, 0.1) is 52.1 Å². The number of aromatic hydroxyl groups is 2. The number of aliphatic hydroxyl groups is 1. The monoisotopic (exact) mass is 2360 g/mol. The SMILES string of the molecule is CC(C)(C)OC(=O)NC[C@@]1(c2ccccc2F)Cc2c(ccc(Cl)c2B2OC(C)(C)C(C)(C)O2)O1.CC(C)(C)[C@H]1OC(=O)[C@@](Cc2c(O)ccc(Cl)c2Br)(c2ccccc2F)O1.CC(C)(C)[C@H]1OC(=O)[C@@](Cc2c(OCc3ccccc3)ccc(Cl)c2Br)(c2ccccc2F)O1.COC(=O)[C@@](O)(Cc1c(O)ccc(Cl)c1Br)c1ccccc1F.COC(=O)[C@@]1(c2ccccc2F)Cc2c(ccc(Cl)c2Br)O1.[CH3-].[V]. The van der Waals surface area contributed by atoms with Crippen LogP contribution in [0.5, 0.6) is 28.7 Å². The molecule has 759 valence electrons. The summed E-state index contributed by atoms with van der Waals surface area (Å²) in [6, 6.07) is 55.3. The van der Waals surface area contributed by atoms with E-state index in [4.69, 9.17) is 110 Å². The Morgan fingerprint density at radius 3 is 1.37 bits per heavy atom. The molecule has 0 aliphatic carbocycles. The summed E-state index contributed by atoms with van der Waals surface area (Å²) in [5.41, 5.74) is -6.83. The van der Waals surface area contributed by atoms with Crippen LogP contribution in [-0.2, 0) is 147 Å². The Morgan fingerprint density at radius 2 is 0.902 bits per heavy atom. The Balaban J connectivity index is 0.000000185. The van der Waals surface area contributed by atoms with E-state index in [1.807, 2.05) is 99.6 Å². The number of cyclic esters (lactones) is 2. The number of hydrogen-bond acceptors (Lipinski definition) is 20. The second kappa shape index (κ2) is 46.6. The third-order valence-electron chi connectivity index (χ3n) is 24.1. The molecule has 3 saturated heterocycles. The van der Waals surface area contributed by atoms with Crippen LogP contribution in [0.3, 0.4) is 0 Å². The standard InChI is InChI=1S/C27H25BrClFO4.C26H32BClFNO5.C20H19BrClFO4.C16H13BrClFO4.C16H11BrClFO3.CH3.V/c1-26(2,3)25-33-24(31)27(34-25,19-11-7-8-12-21(19)30)15-18-22(14-13-20(29)23(18)28)32-16-17-9-5-4-6-10-17;1-23(2,3)33-22(31)30-15-26(17-10-8-9-11-19(17)29)14-16-20(32-26)13-12-18(28)21(16)27-34-24(4,5)25(6,7)35-27;1-19(2,3)18-26-17(25)20(27-18,12-6-4-5-7-14(12)23)10-11-15(24)9-8-13(22)16(11)21;1-23-15(21)16(22,10-4-2-3-5-12(10)19)8-9-13(20)7-6-11(18)14(9)17;1-21-15(20)16(10-4-2-3-5-12(10)19)8-9-13(22-16)7-6-11(18)14(9)17;;/h4-14,25H,15-16H2,1-3H3;8-13H,14-15H2,1-7H3,(H,30,31);4-9,18,24H,10H2,1-3H3;2-7,20,22H,8H2,1H3;2-7H,8H2,1H3;1H3;/q;;;;;-1;/t25-,27+;26-;18-,20+;2*16-;;/m01010../s1. The van der Waals surface area contributed by atoms with Crippen LogP contribution in [0.1, 0.15) is 151 Å². The van der Waals surface area contributed by atoms with E-state index in [0.29, 0.717) is 89.6 Å². The molecule has 37 heteroatoms. The number of ether oxygens (including phenoxy) is 10. The van der Waals surface area contributed by atoms with E-state index in [1.165, 1.54) is 92.0 Å². The fourth-order valence-corrected chi connectivity index (χ4v) is 18.9. The van der Waals surface area contributed by atoms with Gasteiger partial charge in [-0.3, -0.25) is 0 Å². The fraction of sp³-hybridized carbons (Fsp3) is 0.321. The maximum atomic E-state index is 15.1. The smallest absolute Gasteiger partial charge is 0.496 e. The van der Waals surface area contributed by atoms with Gasteiger partial charge < -0.3 is 84.7 Å². The van der Waals surface area contributed by atoms with E-state index in [0.717, 1.165) is 24.3 Å². The number of methoxy groups -OCH3 is 2. The van der Waals surface area contributed by atoms with E-state index in [2.05, 4.69) is 73.8 Å². The van der Waals surface area contributed by atoms with Crippen molar-refractivity contribution >= 4 is 164 Å². The molecule has 7 atom stereocenters. The van der Waals surface area contributed by atoms with E-state index in [9.17, 15) is 52.5 Å². The van der Waals surface area contributed by atoms with Crippen LogP contribution in [0.2, 0.25) is 25.1 Å². The number of amides is 1. The summed E-state index contributed by atoms with van der Waals surface area (Å²) < 4.78 is 144. The summed E-state index contributed by atoms with van der Waals surface area (Å²) in [5.74, 6) is -4.71. The number of carbonyl (C=O) groups excluding carboxylic acids is 5. The molecule has 5 aliphatic heterocycles. The minimum atomic E-state index is -2.31. The molecule has 1 amide bonds. The third-order valence-corrected chi connectivity index (χ3v) is 30.2. The molecule has 143 heavy (non-hydrogen) atoms. The third kappa shape index (κ3) is 25.2. The second-order valence-corrected chi connectivity index (χ2v) is 43.0. The van der Waals surface area contributed by atoms with Gasteiger partial charge in [-0.1, -0.05) is 221 Å². The molecular formula is C106H103BBr4Cl5F5NO20V-. The van der Waals surface area contributed by atoms with Crippen LogP contribution in [0, 0.1) is 47.3 Å². The van der Waals surface area contributed by atoms with Crippen molar-refractivity contribution < 1.29 is 136 Å². The molecule has 1 radical (unpaired) electrons. The first-order chi connectivity index (χ1) is 66.1. The number of nitrogens with one attached hydrogen (secondary N) is 1. The average molecular weight is 2360 g/mol. The number of halogens is 14. The first kappa shape index (κ1) is 116. The van der Waals surface area contributed by atoms with Gasteiger partial charge in [0.25, 0.3) is 0 Å². The summed E-state index contributed by atoms with van der Waals surface area (Å²) >= 11 is 44.7. The zero-order valence-electron chi connectivity index (χ0n) is 80.4. The van der Waals surface area contributed by atoms with Gasteiger partial charge in [0.15, 0.2) is 11.2 Å². The minimum Gasteiger partial charge on any atom is -0.508 e. The Bertz CT molecular complexity index is 6530. The number of phenols is 2. The maximum absolute atomic E-state index is 15.1. The number of phenolic OH excluding ortho intramolecular Hbond substituents is 2. The molecule has 0 aromatic heterocycles. The van der Waals surface area contributed by atoms with Gasteiger partial charge in [0.2, 0.25) is 29.4 Å². The molecule has 0 spiro atoms. The normalized spacial score (nSPS) is 19.8. The summed E-state index contributed by atoms with van der Waals surface area (Å²) in [5, 5.41) is 36.0. The van der Waals surface area contributed by atoms with Gasteiger partial charge in [0, 0.05) is 140 Å². The predicted molar refractivity (Wildman–Crippen MR) is 546 cm³/mol. The predicted octanol–water partition coefficient (Wildman–Crippen LogP) is 25.9. The van der Waals surface area contributed by atoms with Crippen molar-refractivity contribution in [1.29, 1.82) is 0 Å². The topological polar surface area (TPSA) is 269 Å². The van der Waals surface area contributed by atoms with E-state index < -0.39 is 141 Å². The molecule has 0 unspecified atom stereocenters. The number of fused-ring (bicyclic) bond motifs is 2. The summed E-state index contributed by atoms with van der Waals surface area (Å²) in [6.45, 7) is 24.8. The molecule has 11 aromatic rings. The van der Waals surface area contributed by atoms with E-state index >= 15 is 8.78 Å². The van der Waals surface area contributed by atoms with Crippen molar-refractivity contribution in [1.82, 2.24) is 5.32 Å².